The van der Waals surface area contributed by atoms with Gasteiger partial charge in [0, 0.05) is 42.3 Å². The molecule has 0 bridgehead atoms. The minimum Gasteiger partial charge on any atom is -0.508 e. The fraction of sp³-hybridized carbons (Fsp3) is 0.412. The standard InChI is InChI=1S/C17H19F2N3O2/c1-9-21-15-3-2-10(6-16(15)22-9)17(24)20-5-4-12-13(18)7-11(23)8-14(12)19/h7-8,10,23H,2-6H2,1H3,(H,20,24)(H,21,22). The van der Waals surface area contributed by atoms with E-state index < -0.39 is 17.4 Å². The molecule has 0 spiro atoms. The van der Waals surface area contributed by atoms with Crippen LogP contribution in [0.25, 0.3) is 0 Å². The van der Waals surface area contributed by atoms with Gasteiger partial charge in [0.1, 0.15) is 23.2 Å². The third kappa shape index (κ3) is 3.39. The molecule has 2 aromatic rings. The normalized spacial score (nSPS) is 16.7. The van der Waals surface area contributed by atoms with Crippen molar-refractivity contribution in [3.8, 4) is 5.75 Å². The molecule has 0 saturated carbocycles. The number of carbonyl (C=O) groups excluding carboxylic acids is 1. The minimum absolute atomic E-state index is 0.0326. The molecule has 1 atom stereocenters. The Kier molecular flexibility index (Phi) is 4.51. The van der Waals surface area contributed by atoms with Gasteiger partial charge in [0.05, 0.1) is 5.69 Å². The van der Waals surface area contributed by atoms with Gasteiger partial charge in [-0.1, -0.05) is 0 Å². The number of phenolic OH excluding ortho intramolecular Hbond substituents is 1. The number of halogens is 2. The largest absolute Gasteiger partial charge is 0.508 e. The van der Waals surface area contributed by atoms with E-state index in [-0.39, 0.29) is 30.4 Å². The van der Waals surface area contributed by atoms with Crippen LogP contribution >= 0.6 is 0 Å². The van der Waals surface area contributed by atoms with Crippen molar-refractivity contribution in [3.05, 3.63) is 46.5 Å². The number of aromatic amines is 1. The van der Waals surface area contributed by atoms with Crippen molar-refractivity contribution in [3.63, 3.8) is 0 Å². The van der Waals surface area contributed by atoms with Gasteiger partial charge in [0.2, 0.25) is 5.91 Å². The molecule has 24 heavy (non-hydrogen) atoms. The van der Waals surface area contributed by atoms with E-state index in [1.54, 1.807) is 0 Å². The Morgan fingerprint density at radius 1 is 1.42 bits per heavy atom. The first kappa shape index (κ1) is 16.4. The second-order valence-electron chi connectivity index (χ2n) is 6.12. The first-order chi connectivity index (χ1) is 11.4. The molecule has 128 valence electrons. The van der Waals surface area contributed by atoms with E-state index in [0.717, 1.165) is 35.8 Å². The van der Waals surface area contributed by atoms with Crippen molar-refractivity contribution >= 4 is 5.91 Å². The maximum atomic E-state index is 13.6. The van der Waals surface area contributed by atoms with Crippen LogP contribution in [0.5, 0.6) is 5.75 Å². The van der Waals surface area contributed by atoms with Crippen molar-refractivity contribution in [2.45, 2.75) is 32.6 Å². The topological polar surface area (TPSA) is 78.0 Å². The Morgan fingerprint density at radius 3 is 2.83 bits per heavy atom. The van der Waals surface area contributed by atoms with Gasteiger partial charge in [0.15, 0.2) is 0 Å². The van der Waals surface area contributed by atoms with Gasteiger partial charge in [-0.2, -0.15) is 0 Å². The van der Waals surface area contributed by atoms with Crippen LogP contribution in [-0.2, 0) is 24.1 Å². The monoisotopic (exact) mass is 335 g/mol. The molecule has 1 aromatic heterocycles. The molecule has 0 saturated heterocycles. The van der Waals surface area contributed by atoms with Crippen molar-refractivity contribution in [2.75, 3.05) is 6.54 Å². The highest BCUT2D eigenvalue weighted by Gasteiger charge is 2.26. The van der Waals surface area contributed by atoms with E-state index in [1.807, 2.05) is 6.92 Å². The van der Waals surface area contributed by atoms with Crippen LogP contribution in [-0.4, -0.2) is 27.5 Å². The number of amides is 1. The predicted molar refractivity (Wildman–Crippen MR) is 83.6 cm³/mol. The second-order valence-corrected chi connectivity index (χ2v) is 6.12. The van der Waals surface area contributed by atoms with Gasteiger partial charge in [-0.05, 0) is 26.2 Å². The van der Waals surface area contributed by atoms with Crippen LogP contribution in [0.4, 0.5) is 8.78 Å². The van der Waals surface area contributed by atoms with Crippen LogP contribution in [0.3, 0.4) is 0 Å². The van der Waals surface area contributed by atoms with Crippen LogP contribution in [0.15, 0.2) is 12.1 Å². The molecule has 1 aromatic carbocycles. The first-order valence-electron chi connectivity index (χ1n) is 7.93. The molecular weight excluding hydrogens is 316 g/mol. The molecule has 0 fully saturated rings. The van der Waals surface area contributed by atoms with E-state index in [2.05, 4.69) is 15.3 Å². The molecule has 5 nitrogen and oxygen atoms in total. The molecule has 1 unspecified atom stereocenters. The number of H-pyrrole nitrogens is 1. The third-order valence-corrected chi connectivity index (χ3v) is 4.33. The van der Waals surface area contributed by atoms with E-state index in [4.69, 9.17) is 5.11 Å². The lowest BCUT2D eigenvalue weighted by molar-refractivity contribution is -0.125. The quantitative estimate of drug-likeness (QED) is 0.801. The number of phenols is 1. The number of nitrogens with zero attached hydrogens (tertiary/aromatic N) is 1. The van der Waals surface area contributed by atoms with Crippen molar-refractivity contribution in [1.82, 2.24) is 15.3 Å². The van der Waals surface area contributed by atoms with Crippen LogP contribution < -0.4 is 5.32 Å². The highest BCUT2D eigenvalue weighted by Crippen LogP contribution is 2.24. The van der Waals surface area contributed by atoms with E-state index in [9.17, 15) is 13.6 Å². The summed E-state index contributed by atoms with van der Waals surface area (Å²) >= 11 is 0. The molecule has 3 rings (SSSR count). The maximum absolute atomic E-state index is 13.6. The summed E-state index contributed by atoms with van der Waals surface area (Å²) in [5, 5.41) is 11.9. The molecule has 1 heterocycles. The van der Waals surface area contributed by atoms with Gasteiger partial charge in [0.25, 0.3) is 0 Å². The Balaban J connectivity index is 1.55. The lowest BCUT2D eigenvalue weighted by atomic mass is 9.89. The molecular formula is C17H19F2N3O2. The highest BCUT2D eigenvalue weighted by molar-refractivity contribution is 5.79. The summed E-state index contributed by atoms with van der Waals surface area (Å²) < 4.78 is 27.3. The first-order valence-corrected chi connectivity index (χ1v) is 7.93. The molecule has 7 heteroatoms. The highest BCUT2D eigenvalue weighted by atomic mass is 19.1. The number of aromatic hydroxyl groups is 1. The van der Waals surface area contributed by atoms with E-state index in [0.29, 0.717) is 12.8 Å². The SMILES string of the molecule is Cc1nc2c([nH]1)CC(C(=O)NCCc1c(F)cc(O)cc1F)CC2. The summed E-state index contributed by atoms with van der Waals surface area (Å²) in [6, 6.07) is 1.73. The molecule has 0 aliphatic heterocycles. The second kappa shape index (κ2) is 6.59. The smallest absolute Gasteiger partial charge is 0.223 e. The molecule has 1 amide bonds. The summed E-state index contributed by atoms with van der Waals surface area (Å²) in [6.07, 6.45) is 2.10. The summed E-state index contributed by atoms with van der Waals surface area (Å²) in [6.45, 7) is 2.02. The molecule has 3 N–H and O–H groups in total. The number of carbonyl (C=O) groups is 1. The van der Waals surface area contributed by atoms with E-state index >= 15 is 0 Å². The average molecular weight is 335 g/mol. The zero-order chi connectivity index (χ0) is 17.3. The Bertz CT molecular complexity index is 750. The number of imidazole rings is 1. The van der Waals surface area contributed by atoms with Gasteiger partial charge in [-0.25, -0.2) is 13.8 Å². The average Bonchev–Trinajstić information content (AvgIpc) is 2.88. The number of hydrogen-bond acceptors (Lipinski definition) is 3. The number of aromatic nitrogens is 2. The maximum Gasteiger partial charge on any atom is 0.223 e. The minimum atomic E-state index is -0.808. The van der Waals surface area contributed by atoms with Crippen LogP contribution in [0, 0.1) is 24.5 Å². The Hall–Kier alpha value is -2.44. The number of aryl methyl sites for hydroxylation is 2. The van der Waals surface area contributed by atoms with Gasteiger partial charge in [-0.3, -0.25) is 4.79 Å². The van der Waals surface area contributed by atoms with Crippen molar-refractivity contribution in [2.24, 2.45) is 5.92 Å². The lowest BCUT2D eigenvalue weighted by Gasteiger charge is -2.20. The van der Waals surface area contributed by atoms with Gasteiger partial charge < -0.3 is 15.4 Å². The fourth-order valence-corrected chi connectivity index (χ4v) is 3.13. The Labute approximate surface area is 138 Å². The number of benzene rings is 1. The number of nitrogens with one attached hydrogen (secondary N) is 2. The zero-order valence-electron chi connectivity index (χ0n) is 13.3. The van der Waals surface area contributed by atoms with E-state index in [1.165, 1.54) is 0 Å². The van der Waals surface area contributed by atoms with Crippen LogP contribution in [0.1, 0.15) is 29.2 Å². The van der Waals surface area contributed by atoms with Gasteiger partial charge >= 0.3 is 0 Å². The third-order valence-electron chi connectivity index (χ3n) is 4.33. The fourth-order valence-electron chi connectivity index (χ4n) is 3.13. The Morgan fingerprint density at radius 2 is 2.12 bits per heavy atom. The number of fused-ring (bicyclic) bond motifs is 1. The zero-order valence-corrected chi connectivity index (χ0v) is 13.3. The van der Waals surface area contributed by atoms with Crippen LogP contribution in [0.2, 0.25) is 0 Å². The number of hydrogen-bond donors (Lipinski definition) is 3. The number of rotatable bonds is 4. The summed E-state index contributed by atoms with van der Waals surface area (Å²) in [5.41, 5.74) is 1.88. The van der Waals surface area contributed by atoms with Gasteiger partial charge in [-0.15, -0.1) is 0 Å². The molecule has 0 radical (unpaired) electrons. The van der Waals surface area contributed by atoms with Crippen molar-refractivity contribution < 1.29 is 18.7 Å². The summed E-state index contributed by atoms with van der Waals surface area (Å²) in [7, 11) is 0. The van der Waals surface area contributed by atoms with Crippen molar-refractivity contribution in [1.29, 1.82) is 0 Å². The predicted octanol–water partition coefficient (Wildman–Crippen LogP) is 2.17. The molecule has 1 aliphatic carbocycles. The summed E-state index contributed by atoms with van der Waals surface area (Å²) in [5.74, 6) is -1.50. The summed E-state index contributed by atoms with van der Waals surface area (Å²) in [4.78, 5) is 19.8. The lowest BCUT2D eigenvalue weighted by Crippen LogP contribution is -2.35. The molecule has 1 aliphatic rings.